The number of benzene rings is 16. The lowest BCUT2D eigenvalue weighted by molar-refractivity contribution is -0.146. The van der Waals surface area contributed by atoms with E-state index in [1.54, 1.807) is 104 Å². The lowest BCUT2D eigenvalue weighted by atomic mass is 9.75. The fraction of sp³-hybridized carbons (Fsp3) is 0.0755. The number of carbonyl (C=O) groups excluding carboxylic acids is 1. The third kappa shape index (κ3) is 27.0. The van der Waals surface area contributed by atoms with E-state index in [-0.39, 0.29) is 61.1 Å². The monoisotopic (exact) mass is 1960 g/mol. The molecule has 1 atom stereocenters. The summed E-state index contributed by atoms with van der Waals surface area (Å²) >= 11 is 0. The number of hydrogen-bond donors (Lipinski definition) is 0. The van der Waals surface area contributed by atoms with Gasteiger partial charge in [0.05, 0.1) is 61.6 Å². The summed E-state index contributed by atoms with van der Waals surface area (Å²) in [5, 5.41) is 10.3. The highest BCUT2D eigenvalue weighted by Crippen LogP contribution is 2.39. The van der Waals surface area contributed by atoms with Gasteiger partial charge >= 0.3 is 5.97 Å². The molecule has 16 rings (SSSR count). The third-order valence-electron chi connectivity index (χ3n) is 20.1. The maximum atomic E-state index is 13.6. The van der Waals surface area contributed by atoms with E-state index in [4.69, 9.17) is 54.5 Å². The average molecular weight is 1960 g/mol. The Morgan fingerprint density at radius 1 is 0.237 bits per heavy atom. The quantitative estimate of drug-likeness (QED) is 0.0359. The number of carbonyl (C=O) groups is 1. The zero-order valence-corrected chi connectivity index (χ0v) is 79.6. The Hall–Kier alpha value is -14.4. The van der Waals surface area contributed by atoms with Crippen LogP contribution in [0.4, 0.5) is 0 Å². The van der Waals surface area contributed by atoms with Crippen LogP contribution in [0.2, 0.25) is 0 Å². The summed E-state index contributed by atoms with van der Waals surface area (Å²) in [4.78, 5) is 13.9. The van der Waals surface area contributed by atoms with E-state index in [2.05, 4.69) is 25.1 Å². The van der Waals surface area contributed by atoms with Crippen LogP contribution in [0.3, 0.4) is 0 Å². The molecule has 16 aromatic carbocycles. The van der Waals surface area contributed by atoms with Crippen LogP contribution in [-0.2, 0) is 72.4 Å². The standard InChI is InChI=1S/C43H35NO8S2.C32H26O6S2.C12H8Cl2O5S2.C12H10O.C7H8/c1-4-50-42(45)43(29-44,32-9-5-30(2)6-10-32)33-11-21-38(22-12-33)53(46,47)39-23-17-36(18-24-39)52-37-19-27-41(28-20-37)54(48,49)40-25-15-35(16-26-40)51-34-13-7-31(3)8-14-34;1-23-3-7-25(8-4-23)37-26-9-19-31(20-10-26)40(35,36)32-21-13-28(14-22-32)38-27-11-17-30(18-12-27)39(33,34)29-15-5-24(2)6-16-29;13-20(15,16)11-5-1-9(2-6-11)19-10-3-7-12(8-4-10)21(14,17)18;1-3-7-11(8-4-1)13-12-9-5-2-6-10-12;1-7-5-3-2-4-6-7/h5-28H,4H2,1-3H3;3-22H,1-2H3;1-8H;1-10H;2-6H,1H3. The first-order chi connectivity index (χ1) is 64.5. The lowest BCUT2D eigenvalue weighted by Gasteiger charge is -2.26. The minimum Gasteiger partial charge on any atom is -0.464 e. The second kappa shape index (κ2) is 44.9. The van der Waals surface area contributed by atoms with Crippen molar-refractivity contribution < 1.29 is 88.5 Å². The van der Waals surface area contributed by atoms with Crippen molar-refractivity contribution in [3.63, 3.8) is 0 Å². The summed E-state index contributed by atoms with van der Waals surface area (Å²) in [6.07, 6.45) is 0. The molecule has 0 aliphatic rings. The molecular formula is C106H87Cl2NO20S6. The number of nitrogens with zero attached hydrogens (tertiary/aromatic N) is 1. The number of nitriles is 1. The van der Waals surface area contributed by atoms with Gasteiger partial charge in [-0.15, -0.1) is 0 Å². The van der Waals surface area contributed by atoms with Gasteiger partial charge in [-0.2, -0.15) is 5.26 Å². The van der Waals surface area contributed by atoms with E-state index in [0.717, 1.165) is 33.8 Å². The molecule has 0 N–H and O–H groups in total. The summed E-state index contributed by atoms with van der Waals surface area (Å²) in [6, 6.07) is 113. The molecule has 29 heteroatoms. The Morgan fingerprint density at radius 2 is 0.393 bits per heavy atom. The Balaban J connectivity index is 0.000000175. The predicted octanol–water partition coefficient (Wildman–Crippen LogP) is 25.3. The molecule has 21 nitrogen and oxygen atoms in total. The molecule has 0 saturated heterocycles. The molecule has 0 amide bonds. The minimum atomic E-state index is -4.00. The summed E-state index contributed by atoms with van der Waals surface area (Å²) in [6.45, 7) is 11.5. The fourth-order valence-corrected chi connectivity index (χ4v) is 19.4. The summed E-state index contributed by atoms with van der Waals surface area (Å²) in [5.74, 6) is 5.58. The highest BCUT2D eigenvalue weighted by molar-refractivity contribution is 8.14. The van der Waals surface area contributed by atoms with Crippen LogP contribution in [0.25, 0.3) is 0 Å². The van der Waals surface area contributed by atoms with E-state index >= 15 is 0 Å². The number of sulfone groups is 4. The Labute approximate surface area is 795 Å². The Kier molecular flexibility index (Phi) is 33.1. The van der Waals surface area contributed by atoms with E-state index < -0.39 is 68.8 Å². The normalized spacial score (nSPS) is 11.7. The minimum absolute atomic E-state index is 0.00482. The van der Waals surface area contributed by atoms with Gasteiger partial charge in [0, 0.05) is 21.4 Å². The summed E-state index contributed by atoms with van der Waals surface area (Å²) < 4.78 is 190. The number of ether oxygens (including phenoxy) is 7. The maximum Gasteiger partial charge on any atom is 0.335 e. The molecule has 16 aromatic rings. The van der Waals surface area contributed by atoms with Gasteiger partial charge in [-0.05, 0) is 320 Å². The van der Waals surface area contributed by atoms with Crippen molar-refractivity contribution in [1.82, 2.24) is 0 Å². The molecule has 0 aliphatic carbocycles. The van der Waals surface area contributed by atoms with Crippen LogP contribution in [0.1, 0.15) is 45.9 Å². The van der Waals surface area contributed by atoms with Crippen LogP contribution >= 0.6 is 21.4 Å². The van der Waals surface area contributed by atoms with Crippen LogP contribution in [0.5, 0.6) is 69.0 Å². The first-order valence-electron chi connectivity index (χ1n) is 41.3. The van der Waals surface area contributed by atoms with Gasteiger partial charge in [-0.25, -0.2) is 55.3 Å². The first kappa shape index (κ1) is 99.6. The third-order valence-corrected chi connectivity index (χ3v) is 29.9. The molecule has 0 bridgehead atoms. The topological polar surface area (TPSA) is 310 Å². The number of para-hydroxylation sites is 2. The molecule has 686 valence electrons. The SMILES string of the molecule is CCOC(=O)C(C#N)(c1ccc(C)cc1)c1ccc(S(=O)(=O)c2ccc(Oc3ccc(S(=O)(=O)c4ccc(Oc5ccc(C)cc5)cc4)cc3)cc2)cc1.Cc1ccc(Oc2ccc(S(=O)(=O)c3ccc(Oc4ccc(S(=O)(=O)c5ccc(C)cc5)cc4)cc3)cc2)cc1.Cc1ccccc1.O=S(=O)(Cl)c1ccc(Oc2ccc(S(=O)(=O)Cl)cc2)cc1.c1ccc(Oc2ccccc2)cc1. The van der Waals surface area contributed by atoms with Crippen molar-refractivity contribution in [1.29, 1.82) is 5.26 Å². The van der Waals surface area contributed by atoms with E-state index in [0.29, 0.717) is 63.1 Å². The van der Waals surface area contributed by atoms with Gasteiger partial charge in [0.1, 0.15) is 69.0 Å². The lowest BCUT2D eigenvalue weighted by Crippen LogP contribution is -2.37. The first-order valence-corrected chi connectivity index (χ1v) is 51.9. The second-order valence-corrected chi connectivity index (χ2v) is 42.9. The average Bonchev–Trinajstić information content (AvgIpc) is 0.753. The van der Waals surface area contributed by atoms with E-state index in [9.17, 15) is 60.6 Å². The zero-order chi connectivity index (χ0) is 96.6. The summed E-state index contributed by atoms with van der Waals surface area (Å²) in [5.41, 5.74) is 4.35. The number of esters is 1. The largest absolute Gasteiger partial charge is 0.464 e. The van der Waals surface area contributed by atoms with Crippen molar-refractivity contribution in [2.45, 2.75) is 95.9 Å². The number of aryl methyl sites for hydroxylation is 5. The molecule has 0 radical (unpaired) electrons. The molecule has 0 aromatic heterocycles. The van der Waals surface area contributed by atoms with Crippen LogP contribution in [-0.4, -0.2) is 63.1 Å². The summed E-state index contributed by atoms with van der Waals surface area (Å²) in [7, 11) is -12.4. The van der Waals surface area contributed by atoms with Gasteiger partial charge < -0.3 is 33.2 Å². The second-order valence-electron chi connectivity index (χ2n) is 30.0. The zero-order valence-electron chi connectivity index (χ0n) is 73.2. The van der Waals surface area contributed by atoms with Gasteiger partial charge in [0.2, 0.25) is 44.8 Å². The molecule has 0 spiro atoms. The molecule has 0 fully saturated rings. The number of hydrogen-bond acceptors (Lipinski definition) is 21. The maximum absolute atomic E-state index is 13.6. The van der Waals surface area contributed by atoms with Crippen molar-refractivity contribution in [3.05, 3.63) is 445 Å². The van der Waals surface area contributed by atoms with Crippen LogP contribution < -0.4 is 28.4 Å². The Bertz CT molecular complexity index is 7370. The molecule has 1 unspecified atom stereocenters. The number of halogens is 2. The fourth-order valence-electron chi connectivity index (χ4n) is 12.8. The van der Waals surface area contributed by atoms with Crippen molar-refractivity contribution in [2.24, 2.45) is 0 Å². The smallest absolute Gasteiger partial charge is 0.335 e. The van der Waals surface area contributed by atoms with E-state index in [1.165, 1.54) is 175 Å². The van der Waals surface area contributed by atoms with E-state index in [1.807, 2.05) is 155 Å². The Morgan fingerprint density at radius 3 is 0.585 bits per heavy atom. The van der Waals surface area contributed by atoms with Crippen molar-refractivity contribution >= 4 is 84.8 Å². The predicted molar refractivity (Wildman–Crippen MR) is 518 cm³/mol. The van der Waals surface area contributed by atoms with Gasteiger partial charge in [0.15, 0.2) is 0 Å². The molecule has 0 aliphatic heterocycles. The highest BCUT2D eigenvalue weighted by atomic mass is 35.7. The van der Waals surface area contributed by atoms with Crippen LogP contribution in [0, 0.1) is 45.9 Å². The van der Waals surface area contributed by atoms with Gasteiger partial charge in [-0.1, -0.05) is 167 Å². The van der Waals surface area contributed by atoms with Gasteiger partial charge in [-0.3, -0.25) is 0 Å². The van der Waals surface area contributed by atoms with Crippen molar-refractivity contribution in [3.8, 4) is 75.1 Å². The van der Waals surface area contributed by atoms with Crippen LogP contribution in [0.15, 0.2) is 455 Å². The number of rotatable bonds is 26. The molecule has 0 heterocycles. The molecule has 0 saturated carbocycles. The molecular weight excluding hydrogens is 1870 g/mol. The highest BCUT2D eigenvalue weighted by Gasteiger charge is 2.45. The van der Waals surface area contributed by atoms with Gasteiger partial charge in [0.25, 0.3) is 18.1 Å². The van der Waals surface area contributed by atoms with Crippen molar-refractivity contribution in [2.75, 3.05) is 6.61 Å². The molecule has 135 heavy (non-hydrogen) atoms.